The standard InChI is InChI=1S/C14H25N5O2/c1-3-19-12(15)11(13(20)17-14(19)21)16-7-4-10-5-8-18(2)9-6-10/h10,16H,3-9,15H2,1-2H3,(H,17,20,21). The van der Waals surface area contributed by atoms with E-state index >= 15 is 0 Å². The average Bonchev–Trinajstić information content (AvgIpc) is 2.44. The predicted octanol–water partition coefficient (Wildman–Crippen LogP) is 0.283. The van der Waals surface area contributed by atoms with Crippen LogP contribution in [0.5, 0.6) is 0 Å². The Hall–Kier alpha value is -1.76. The Morgan fingerprint density at radius 3 is 2.62 bits per heavy atom. The van der Waals surface area contributed by atoms with Gasteiger partial charge in [-0.25, -0.2) is 4.79 Å². The third-order valence-corrected chi connectivity index (χ3v) is 4.25. The summed E-state index contributed by atoms with van der Waals surface area (Å²) in [5, 5.41) is 3.10. The van der Waals surface area contributed by atoms with Gasteiger partial charge in [0, 0.05) is 13.1 Å². The van der Waals surface area contributed by atoms with Crippen LogP contribution in [0.4, 0.5) is 11.5 Å². The van der Waals surface area contributed by atoms with Crippen molar-refractivity contribution in [3.05, 3.63) is 20.8 Å². The Balaban J connectivity index is 1.97. The Morgan fingerprint density at radius 2 is 2.00 bits per heavy atom. The number of nitrogen functional groups attached to an aromatic ring is 1. The highest BCUT2D eigenvalue weighted by atomic mass is 16.2. The van der Waals surface area contributed by atoms with Crippen molar-refractivity contribution < 1.29 is 0 Å². The van der Waals surface area contributed by atoms with E-state index in [1.54, 1.807) is 0 Å². The largest absolute Gasteiger partial charge is 0.383 e. The first kappa shape index (κ1) is 15.6. The zero-order valence-electron chi connectivity index (χ0n) is 12.8. The molecule has 1 fully saturated rings. The van der Waals surface area contributed by atoms with Gasteiger partial charge in [0.25, 0.3) is 5.56 Å². The lowest BCUT2D eigenvalue weighted by atomic mass is 9.94. The van der Waals surface area contributed by atoms with Crippen molar-refractivity contribution in [2.45, 2.75) is 32.7 Å². The number of nitrogens with two attached hydrogens (primary N) is 1. The normalized spacial score (nSPS) is 17.0. The van der Waals surface area contributed by atoms with E-state index in [0.29, 0.717) is 24.7 Å². The summed E-state index contributed by atoms with van der Waals surface area (Å²) >= 11 is 0. The van der Waals surface area contributed by atoms with E-state index in [0.717, 1.165) is 19.5 Å². The first-order chi connectivity index (χ1) is 10.0. The van der Waals surface area contributed by atoms with Crippen molar-refractivity contribution >= 4 is 11.5 Å². The molecule has 0 aromatic carbocycles. The summed E-state index contributed by atoms with van der Waals surface area (Å²) in [5.41, 5.74) is 5.32. The number of nitrogens with zero attached hydrogens (tertiary/aromatic N) is 2. The van der Waals surface area contributed by atoms with E-state index in [-0.39, 0.29) is 5.82 Å². The van der Waals surface area contributed by atoms with Crippen molar-refractivity contribution in [2.24, 2.45) is 5.92 Å². The van der Waals surface area contributed by atoms with E-state index < -0.39 is 11.2 Å². The summed E-state index contributed by atoms with van der Waals surface area (Å²) < 4.78 is 1.36. The molecular weight excluding hydrogens is 270 g/mol. The van der Waals surface area contributed by atoms with E-state index in [4.69, 9.17) is 5.73 Å². The number of piperidine rings is 1. The van der Waals surface area contributed by atoms with Gasteiger partial charge in [0.15, 0.2) is 0 Å². The number of likely N-dealkylation sites (tertiary alicyclic amines) is 1. The third-order valence-electron chi connectivity index (χ3n) is 4.25. The lowest BCUT2D eigenvalue weighted by Crippen LogP contribution is -2.34. The molecule has 1 aliphatic heterocycles. The molecule has 2 heterocycles. The number of hydrogen-bond acceptors (Lipinski definition) is 5. The lowest BCUT2D eigenvalue weighted by Gasteiger charge is -2.29. The Labute approximate surface area is 124 Å². The zero-order chi connectivity index (χ0) is 15.4. The van der Waals surface area contributed by atoms with Crippen LogP contribution < -0.4 is 22.3 Å². The molecule has 0 unspecified atom stereocenters. The third kappa shape index (κ3) is 3.66. The van der Waals surface area contributed by atoms with Crippen molar-refractivity contribution in [1.82, 2.24) is 14.5 Å². The maximum absolute atomic E-state index is 11.8. The maximum Gasteiger partial charge on any atom is 0.330 e. The van der Waals surface area contributed by atoms with Crippen LogP contribution in [0.25, 0.3) is 0 Å². The molecule has 0 amide bonds. The number of rotatable bonds is 5. The van der Waals surface area contributed by atoms with Crippen LogP contribution >= 0.6 is 0 Å². The van der Waals surface area contributed by atoms with Crippen molar-refractivity contribution in [1.29, 1.82) is 0 Å². The molecule has 4 N–H and O–H groups in total. The van der Waals surface area contributed by atoms with Crippen LogP contribution in [-0.4, -0.2) is 41.1 Å². The lowest BCUT2D eigenvalue weighted by molar-refractivity contribution is 0.215. The summed E-state index contributed by atoms with van der Waals surface area (Å²) in [6, 6.07) is 0. The Morgan fingerprint density at radius 1 is 1.33 bits per heavy atom. The Bertz CT molecular complexity index is 584. The van der Waals surface area contributed by atoms with Gasteiger partial charge in [0.2, 0.25) is 0 Å². The monoisotopic (exact) mass is 295 g/mol. The number of hydrogen-bond donors (Lipinski definition) is 3. The summed E-state index contributed by atoms with van der Waals surface area (Å²) in [7, 11) is 2.14. The Kier molecular flexibility index (Phi) is 5.06. The van der Waals surface area contributed by atoms with E-state index in [1.807, 2.05) is 6.92 Å². The number of aromatic nitrogens is 2. The predicted molar refractivity (Wildman–Crippen MR) is 84.7 cm³/mol. The van der Waals surface area contributed by atoms with Crippen LogP contribution in [0, 0.1) is 5.92 Å². The second kappa shape index (κ2) is 6.80. The molecule has 0 spiro atoms. The maximum atomic E-state index is 11.8. The highest BCUT2D eigenvalue weighted by Gasteiger charge is 2.17. The van der Waals surface area contributed by atoms with Crippen LogP contribution in [-0.2, 0) is 6.54 Å². The fourth-order valence-electron chi connectivity index (χ4n) is 2.82. The summed E-state index contributed by atoms with van der Waals surface area (Å²) in [6.07, 6.45) is 3.40. The summed E-state index contributed by atoms with van der Waals surface area (Å²) in [6.45, 7) is 5.22. The molecule has 1 saturated heterocycles. The van der Waals surface area contributed by atoms with Crippen molar-refractivity contribution in [3.8, 4) is 0 Å². The second-order valence-corrected chi connectivity index (χ2v) is 5.73. The molecule has 1 aliphatic rings. The van der Waals surface area contributed by atoms with Crippen molar-refractivity contribution in [2.75, 3.05) is 37.7 Å². The minimum Gasteiger partial charge on any atom is -0.383 e. The van der Waals surface area contributed by atoms with Gasteiger partial charge >= 0.3 is 5.69 Å². The highest BCUT2D eigenvalue weighted by Crippen LogP contribution is 2.19. The molecule has 0 bridgehead atoms. The molecular formula is C14H25N5O2. The quantitative estimate of drug-likeness (QED) is 0.725. The van der Waals surface area contributed by atoms with Crippen molar-refractivity contribution in [3.63, 3.8) is 0 Å². The molecule has 0 saturated carbocycles. The molecule has 1 aromatic heterocycles. The zero-order valence-corrected chi connectivity index (χ0v) is 12.8. The minimum absolute atomic E-state index is 0.217. The van der Waals surface area contributed by atoms with Crippen LogP contribution in [0.1, 0.15) is 26.2 Å². The number of aromatic amines is 1. The van der Waals surface area contributed by atoms with Gasteiger partial charge in [-0.2, -0.15) is 0 Å². The molecule has 1 aromatic rings. The van der Waals surface area contributed by atoms with Gasteiger partial charge in [0.1, 0.15) is 11.5 Å². The fraction of sp³-hybridized carbons (Fsp3) is 0.714. The van der Waals surface area contributed by atoms with E-state index in [9.17, 15) is 9.59 Å². The van der Waals surface area contributed by atoms with Gasteiger partial charge in [-0.3, -0.25) is 14.3 Å². The molecule has 118 valence electrons. The van der Waals surface area contributed by atoms with E-state index in [1.165, 1.54) is 17.4 Å². The smallest absolute Gasteiger partial charge is 0.330 e. The first-order valence-corrected chi connectivity index (χ1v) is 7.58. The molecule has 21 heavy (non-hydrogen) atoms. The number of anilines is 2. The highest BCUT2D eigenvalue weighted by molar-refractivity contribution is 5.60. The van der Waals surface area contributed by atoms with Gasteiger partial charge < -0.3 is 16.0 Å². The molecule has 0 radical (unpaired) electrons. The van der Waals surface area contributed by atoms with E-state index in [2.05, 4.69) is 22.2 Å². The molecule has 0 aliphatic carbocycles. The van der Waals surface area contributed by atoms with Gasteiger partial charge in [-0.15, -0.1) is 0 Å². The van der Waals surface area contributed by atoms with Crippen LogP contribution in [0.3, 0.4) is 0 Å². The topological polar surface area (TPSA) is 96.2 Å². The molecule has 7 nitrogen and oxygen atoms in total. The first-order valence-electron chi connectivity index (χ1n) is 7.58. The van der Waals surface area contributed by atoms with Crippen LogP contribution in [0.15, 0.2) is 9.59 Å². The van der Waals surface area contributed by atoms with Gasteiger partial charge in [0.05, 0.1) is 0 Å². The second-order valence-electron chi connectivity index (χ2n) is 5.73. The van der Waals surface area contributed by atoms with Gasteiger partial charge in [-0.1, -0.05) is 0 Å². The average molecular weight is 295 g/mol. The summed E-state index contributed by atoms with van der Waals surface area (Å²) in [5.74, 6) is 0.903. The minimum atomic E-state index is -0.458. The molecule has 2 rings (SSSR count). The molecule has 7 heteroatoms. The van der Waals surface area contributed by atoms with Crippen LogP contribution in [0.2, 0.25) is 0 Å². The number of nitrogens with one attached hydrogen (secondary N) is 2. The summed E-state index contributed by atoms with van der Waals surface area (Å²) in [4.78, 5) is 28.1. The SMILES string of the molecule is CCn1c(N)c(NCCC2CCN(C)CC2)c(=O)[nH]c1=O. The molecule has 0 atom stereocenters. The number of H-pyrrole nitrogens is 1. The van der Waals surface area contributed by atoms with Gasteiger partial charge in [-0.05, 0) is 52.2 Å². The fourth-order valence-corrected chi connectivity index (χ4v) is 2.82.